The number of ether oxygens (including phenoxy) is 1. The third-order valence-electron chi connectivity index (χ3n) is 5.32. The van der Waals surface area contributed by atoms with E-state index in [0.29, 0.717) is 17.8 Å². The second-order valence-electron chi connectivity index (χ2n) is 7.76. The van der Waals surface area contributed by atoms with Crippen LogP contribution in [0.2, 0.25) is 0 Å². The summed E-state index contributed by atoms with van der Waals surface area (Å²) in [6.45, 7) is 0. The van der Waals surface area contributed by atoms with Gasteiger partial charge in [0.2, 0.25) is 0 Å². The lowest BCUT2D eigenvalue weighted by molar-refractivity contribution is -0.274. The number of anilines is 1. The van der Waals surface area contributed by atoms with Gasteiger partial charge in [-0.2, -0.15) is 0 Å². The average molecular weight is 466 g/mol. The van der Waals surface area contributed by atoms with Gasteiger partial charge in [-0.15, -0.1) is 13.2 Å². The molecule has 34 heavy (non-hydrogen) atoms. The minimum atomic E-state index is -4.80. The number of nitrogens with zero attached hydrogens (tertiary/aromatic N) is 1. The molecule has 174 valence electrons. The van der Waals surface area contributed by atoms with Crippen LogP contribution in [0.3, 0.4) is 0 Å². The molecule has 4 rings (SSSR count). The van der Waals surface area contributed by atoms with Crippen LogP contribution in [0, 0.1) is 0 Å². The maximum absolute atomic E-state index is 13.1. The van der Waals surface area contributed by atoms with Crippen LogP contribution in [0.25, 0.3) is 0 Å². The average Bonchev–Trinajstić information content (AvgIpc) is 2.80. The first kappa shape index (κ1) is 23.1. The fraction of sp³-hybridized carbons (Fsp3) is 0.154. The van der Waals surface area contributed by atoms with Gasteiger partial charge in [0.1, 0.15) is 11.5 Å². The Morgan fingerprint density at radius 1 is 0.912 bits per heavy atom. The first-order valence-corrected chi connectivity index (χ1v) is 10.6. The molecule has 1 aliphatic carbocycles. The van der Waals surface area contributed by atoms with Crippen molar-refractivity contribution in [2.45, 2.75) is 25.1 Å². The highest BCUT2D eigenvalue weighted by Gasteiger charge is 2.32. The number of hydrogen-bond acceptors (Lipinski definition) is 4. The van der Waals surface area contributed by atoms with Gasteiger partial charge >= 0.3 is 6.36 Å². The summed E-state index contributed by atoms with van der Waals surface area (Å²) < 4.78 is 41.0. The lowest BCUT2D eigenvalue weighted by Crippen LogP contribution is -2.28. The van der Waals surface area contributed by atoms with Crippen LogP contribution in [-0.2, 0) is 4.79 Å². The van der Waals surface area contributed by atoms with Crippen LogP contribution < -0.4 is 10.1 Å². The number of carbonyl (C=O) groups is 1. The van der Waals surface area contributed by atoms with Gasteiger partial charge in [-0.1, -0.05) is 48.5 Å². The molecular formula is C26H21F3N2O3. The minimum absolute atomic E-state index is 0.0565. The summed E-state index contributed by atoms with van der Waals surface area (Å²) in [4.78, 5) is 17.8. The fourth-order valence-corrected chi connectivity index (χ4v) is 3.83. The Bertz CT molecular complexity index is 1210. The predicted molar refractivity (Wildman–Crippen MR) is 123 cm³/mol. The number of para-hydroxylation sites is 1. The predicted octanol–water partition coefficient (Wildman–Crippen LogP) is 6.69. The molecule has 2 N–H and O–H groups in total. The summed E-state index contributed by atoms with van der Waals surface area (Å²) in [5.41, 5.74) is 2.40. The van der Waals surface area contributed by atoms with Crippen LogP contribution in [0.15, 0.2) is 101 Å². The van der Waals surface area contributed by atoms with E-state index < -0.39 is 18.0 Å². The third kappa shape index (κ3) is 5.83. The number of carbonyl (C=O) groups excluding carboxylic acids is 1. The standard InChI is InChI=1S/C26H21F3N2O3/c27-26(28,29)34-21-13-11-20(12-14-21)31-25(33)24-22(30-19-9-5-2-6-10-19)15-18(16-23(24)32)17-7-3-1-4-8-17/h1-14,18,32H,15-16H2,(H,31,33)/t18-/m0/s1. The molecule has 8 heteroatoms. The van der Waals surface area contributed by atoms with Crippen molar-refractivity contribution in [1.29, 1.82) is 0 Å². The normalized spacial score (nSPS) is 17.5. The fourth-order valence-electron chi connectivity index (χ4n) is 3.83. The molecule has 0 saturated carbocycles. The Morgan fingerprint density at radius 3 is 2.15 bits per heavy atom. The number of nitrogens with one attached hydrogen (secondary N) is 1. The molecule has 0 heterocycles. The Hall–Kier alpha value is -4.07. The van der Waals surface area contributed by atoms with Crippen molar-refractivity contribution in [2.75, 3.05) is 5.32 Å². The lowest BCUT2D eigenvalue weighted by atomic mass is 9.82. The number of aliphatic hydroxyl groups is 1. The maximum atomic E-state index is 13.1. The summed E-state index contributed by atoms with van der Waals surface area (Å²) >= 11 is 0. The number of amides is 1. The van der Waals surface area contributed by atoms with Crippen LogP contribution >= 0.6 is 0 Å². The first-order valence-electron chi connectivity index (χ1n) is 10.6. The number of benzene rings is 3. The molecule has 0 unspecified atom stereocenters. The topological polar surface area (TPSA) is 70.9 Å². The van der Waals surface area contributed by atoms with Crippen LogP contribution in [0.5, 0.6) is 5.75 Å². The second kappa shape index (κ2) is 9.82. The van der Waals surface area contributed by atoms with E-state index in [0.717, 1.165) is 17.7 Å². The molecule has 3 aromatic carbocycles. The maximum Gasteiger partial charge on any atom is 0.573 e. The Kier molecular flexibility index (Phi) is 6.67. The van der Waals surface area contributed by atoms with Crippen molar-refractivity contribution in [1.82, 2.24) is 0 Å². The molecule has 0 bridgehead atoms. The number of rotatable bonds is 5. The van der Waals surface area contributed by atoms with Crippen molar-refractivity contribution < 1.29 is 27.8 Å². The van der Waals surface area contributed by atoms with Crippen molar-refractivity contribution in [2.24, 2.45) is 4.99 Å². The summed E-state index contributed by atoms with van der Waals surface area (Å²) in [5, 5.41) is 13.5. The van der Waals surface area contributed by atoms with Crippen LogP contribution in [0.1, 0.15) is 24.3 Å². The Labute approximate surface area is 194 Å². The quantitative estimate of drug-likeness (QED) is 0.440. The van der Waals surface area contributed by atoms with Gasteiger partial charge in [0.15, 0.2) is 0 Å². The van der Waals surface area contributed by atoms with Gasteiger partial charge in [-0.05, 0) is 54.3 Å². The first-order chi connectivity index (χ1) is 16.3. The van der Waals surface area contributed by atoms with E-state index in [9.17, 15) is 23.1 Å². The molecule has 0 aliphatic heterocycles. The largest absolute Gasteiger partial charge is 0.573 e. The van der Waals surface area contributed by atoms with E-state index >= 15 is 0 Å². The monoisotopic (exact) mass is 466 g/mol. The Morgan fingerprint density at radius 2 is 1.53 bits per heavy atom. The van der Waals surface area contributed by atoms with Gasteiger partial charge in [0.25, 0.3) is 5.91 Å². The molecule has 0 radical (unpaired) electrons. The van der Waals surface area contributed by atoms with Gasteiger partial charge in [0, 0.05) is 12.1 Å². The van der Waals surface area contributed by atoms with E-state index in [1.807, 2.05) is 48.5 Å². The highest BCUT2D eigenvalue weighted by Crippen LogP contribution is 2.35. The molecule has 0 spiro atoms. The van der Waals surface area contributed by atoms with E-state index in [1.54, 1.807) is 12.1 Å². The van der Waals surface area contributed by atoms with Crippen molar-refractivity contribution in [3.63, 3.8) is 0 Å². The number of halogens is 3. The molecule has 1 aliphatic rings. The molecule has 0 saturated heterocycles. The van der Waals surface area contributed by atoms with Crippen LogP contribution in [-0.4, -0.2) is 23.1 Å². The second-order valence-corrected chi connectivity index (χ2v) is 7.76. The molecule has 1 atom stereocenters. The highest BCUT2D eigenvalue weighted by atomic mass is 19.4. The summed E-state index contributed by atoms with van der Waals surface area (Å²) in [7, 11) is 0. The van der Waals surface area contributed by atoms with Crippen LogP contribution in [0.4, 0.5) is 24.5 Å². The zero-order chi connectivity index (χ0) is 24.1. The van der Waals surface area contributed by atoms with Gasteiger partial charge in [0.05, 0.1) is 17.0 Å². The number of alkyl halides is 3. The Balaban J connectivity index is 1.62. The number of aliphatic imine (C=N–C) groups is 1. The van der Waals surface area contributed by atoms with E-state index in [1.165, 1.54) is 12.1 Å². The van der Waals surface area contributed by atoms with Crippen molar-refractivity contribution >= 4 is 23.0 Å². The smallest absolute Gasteiger partial charge is 0.511 e. The SMILES string of the molecule is O=C(Nc1ccc(OC(F)(F)F)cc1)C1=C(O)C[C@@H](c2ccccc2)CC1=Nc1ccccc1. The van der Waals surface area contributed by atoms with E-state index in [-0.39, 0.29) is 29.4 Å². The number of aliphatic hydroxyl groups excluding tert-OH is 1. The summed E-state index contributed by atoms with van der Waals surface area (Å²) in [6.07, 6.45) is -4.11. The van der Waals surface area contributed by atoms with Crippen molar-refractivity contribution in [3.05, 3.63) is 102 Å². The zero-order valence-electron chi connectivity index (χ0n) is 17.9. The summed E-state index contributed by atoms with van der Waals surface area (Å²) in [5.74, 6) is -1.14. The van der Waals surface area contributed by atoms with Crippen molar-refractivity contribution in [3.8, 4) is 5.75 Å². The minimum Gasteiger partial charge on any atom is -0.511 e. The molecule has 0 fully saturated rings. The van der Waals surface area contributed by atoms with E-state index in [2.05, 4.69) is 15.0 Å². The molecule has 5 nitrogen and oxygen atoms in total. The van der Waals surface area contributed by atoms with Gasteiger partial charge in [-0.3, -0.25) is 9.79 Å². The summed E-state index contributed by atoms with van der Waals surface area (Å²) in [6, 6.07) is 23.5. The number of allylic oxidation sites excluding steroid dienone is 1. The number of hydrogen-bond donors (Lipinski definition) is 2. The molecule has 1 amide bonds. The molecule has 3 aromatic rings. The third-order valence-corrected chi connectivity index (χ3v) is 5.32. The molecule has 0 aromatic heterocycles. The lowest BCUT2D eigenvalue weighted by Gasteiger charge is -2.26. The van der Waals surface area contributed by atoms with Gasteiger partial charge < -0.3 is 15.2 Å². The van der Waals surface area contributed by atoms with Gasteiger partial charge in [-0.25, -0.2) is 0 Å². The zero-order valence-corrected chi connectivity index (χ0v) is 17.9. The van der Waals surface area contributed by atoms with E-state index in [4.69, 9.17) is 0 Å². The highest BCUT2D eigenvalue weighted by molar-refractivity contribution is 6.26. The molecular weight excluding hydrogens is 445 g/mol.